The van der Waals surface area contributed by atoms with Crippen LogP contribution in [-0.2, 0) is 0 Å². The number of carbonyl (C=O) groups excluding carboxylic acids is 1. The van der Waals surface area contributed by atoms with Gasteiger partial charge in [0, 0.05) is 10.9 Å². The lowest BCUT2D eigenvalue weighted by Crippen LogP contribution is -1.85. The fourth-order valence-corrected chi connectivity index (χ4v) is 2.87. The van der Waals surface area contributed by atoms with Gasteiger partial charge in [0.25, 0.3) is 0 Å². The van der Waals surface area contributed by atoms with Crippen molar-refractivity contribution in [1.82, 2.24) is 0 Å². The lowest BCUT2D eigenvalue weighted by molar-refractivity contribution is 0.112. The van der Waals surface area contributed by atoms with Gasteiger partial charge in [-0.3, -0.25) is 4.79 Å². The standard InChI is InChI=1S/C10H4BrNOS/c11-9-6(4-12)3-7(5-13)8-1-2-14-10(8)9/h1-3,5H. The highest BCUT2D eigenvalue weighted by molar-refractivity contribution is 9.10. The SMILES string of the molecule is N#Cc1cc(C=O)c2ccsc2c1Br. The van der Waals surface area contributed by atoms with Crippen molar-refractivity contribution < 1.29 is 4.79 Å². The number of rotatable bonds is 1. The number of thiophene rings is 1. The van der Waals surface area contributed by atoms with Crippen molar-refractivity contribution in [1.29, 1.82) is 5.26 Å². The number of halogens is 1. The molecule has 0 N–H and O–H groups in total. The quantitative estimate of drug-likeness (QED) is 0.742. The van der Waals surface area contributed by atoms with Gasteiger partial charge in [-0.05, 0) is 33.4 Å². The maximum Gasteiger partial charge on any atom is 0.150 e. The minimum atomic E-state index is 0.502. The van der Waals surface area contributed by atoms with Crippen molar-refractivity contribution in [3.63, 3.8) is 0 Å². The summed E-state index contributed by atoms with van der Waals surface area (Å²) in [6.45, 7) is 0. The second-order valence-corrected chi connectivity index (χ2v) is 4.43. The molecule has 4 heteroatoms. The molecular weight excluding hydrogens is 262 g/mol. The monoisotopic (exact) mass is 265 g/mol. The minimum Gasteiger partial charge on any atom is -0.298 e. The largest absolute Gasteiger partial charge is 0.298 e. The zero-order chi connectivity index (χ0) is 10.1. The van der Waals surface area contributed by atoms with Crippen LogP contribution in [-0.4, -0.2) is 6.29 Å². The number of carbonyl (C=O) groups is 1. The molecule has 0 unspecified atom stereocenters. The van der Waals surface area contributed by atoms with E-state index in [2.05, 4.69) is 22.0 Å². The van der Waals surface area contributed by atoms with Crippen molar-refractivity contribution in [3.05, 3.63) is 33.1 Å². The second kappa shape index (κ2) is 3.52. The van der Waals surface area contributed by atoms with Crippen LogP contribution in [0.4, 0.5) is 0 Å². The summed E-state index contributed by atoms with van der Waals surface area (Å²) < 4.78 is 1.72. The van der Waals surface area contributed by atoms with E-state index in [1.807, 2.05) is 11.4 Å². The predicted molar refractivity (Wildman–Crippen MR) is 59.6 cm³/mol. The maximum absolute atomic E-state index is 10.8. The Bertz CT molecular complexity index is 553. The Kier molecular flexibility index (Phi) is 2.36. The number of fused-ring (bicyclic) bond motifs is 1. The lowest BCUT2D eigenvalue weighted by Gasteiger charge is -1.99. The summed E-state index contributed by atoms with van der Waals surface area (Å²) >= 11 is 4.87. The Hall–Kier alpha value is -1.18. The highest BCUT2D eigenvalue weighted by atomic mass is 79.9. The molecule has 1 heterocycles. The molecule has 0 amide bonds. The molecule has 2 aromatic rings. The molecule has 0 saturated carbocycles. The van der Waals surface area contributed by atoms with Gasteiger partial charge in [-0.1, -0.05) is 0 Å². The third-order valence-corrected chi connectivity index (χ3v) is 3.98. The molecule has 0 radical (unpaired) electrons. The van der Waals surface area contributed by atoms with Crippen molar-refractivity contribution in [2.45, 2.75) is 0 Å². The summed E-state index contributed by atoms with van der Waals surface area (Å²) in [6.07, 6.45) is 0.780. The van der Waals surface area contributed by atoms with Gasteiger partial charge in [0.05, 0.1) is 14.7 Å². The van der Waals surface area contributed by atoms with Gasteiger partial charge in [-0.2, -0.15) is 5.26 Å². The van der Waals surface area contributed by atoms with Gasteiger partial charge >= 0.3 is 0 Å². The lowest BCUT2D eigenvalue weighted by atomic mass is 10.1. The van der Waals surface area contributed by atoms with Crippen molar-refractivity contribution in [2.24, 2.45) is 0 Å². The van der Waals surface area contributed by atoms with E-state index in [1.165, 1.54) is 11.3 Å². The molecule has 0 bridgehead atoms. The van der Waals surface area contributed by atoms with Crippen LogP contribution < -0.4 is 0 Å². The molecule has 0 aliphatic heterocycles. The number of nitrogens with zero attached hydrogens (tertiary/aromatic N) is 1. The van der Waals surface area contributed by atoms with Gasteiger partial charge in [-0.25, -0.2) is 0 Å². The van der Waals surface area contributed by atoms with Gasteiger partial charge in [0.1, 0.15) is 6.07 Å². The van der Waals surface area contributed by atoms with E-state index in [9.17, 15) is 4.79 Å². The molecule has 1 aromatic carbocycles. The summed E-state index contributed by atoms with van der Waals surface area (Å²) in [5, 5.41) is 11.6. The zero-order valence-corrected chi connectivity index (χ0v) is 9.35. The minimum absolute atomic E-state index is 0.502. The molecule has 0 spiro atoms. The summed E-state index contributed by atoms with van der Waals surface area (Å²) in [4.78, 5) is 10.8. The van der Waals surface area contributed by atoms with E-state index in [1.54, 1.807) is 6.07 Å². The van der Waals surface area contributed by atoms with E-state index in [4.69, 9.17) is 5.26 Å². The Morgan fingerprint density at radius 3 is 3.00 bits per heavy atom. The van der Waals surface area contributed by atoms with Gasteiger partial charge in [-0.15, -0.1) is 11.3 Å². The highest BCUT2D eigenvalue weighted by Crippen LogP contribution is 2.33. The number of aldehydes is 1. The number of hydrogen-bond donors (Lipinski definition) is 0. The van der Waals surface area contributed by atoms with Crippen LogP contribution in [0.25, 0.3) is 10.1 Å². The van der Waals surface area contributed by atoms with E-state index in [0.29, 0.717) is 11.1 Å². The van der Waals surface area contributed by atoms with Crippen LogP contribution in [0.1, 0.15) is 15.9 Å². The van der Waals surface area contributed by atoms with Crippen LogP contribution in [0.3, 0.4) is 0 Å². The van der Waals surface area contributed by atoms with Crippen molar-refractivity contribution in [2.75, 3.05) is 0 Å². The smallest absolute Gasteiger partial charge is 0.150 e. The topological polar surface area (TPSA) is 40.9 Å². The molecule has 2 rings (SSSR count). The molecule has 14 heavy (non-hydrogen) atoms. The van der Waals surface area contributed by atoms with E-state index < -0.39 is 0 Å². The first-order valence-electron chi connectivity index (χ1n) is 3.83. The van der Waals surface area contributed by atoms with E-state index in [-0.39, 0.29) is 0 Å². The maximum atomic E-state index is 10.8. The van der Waals surface area contributed by atoms with Crippen LogP contribution in [0.5, 0.6) is 0 Å². The summed E-state index contributed by atoms with van der Waals surface area (Å²) in [7, 11) is 0. The van der Waals surface area contributed by atoms with E-state index >= 15 is 0 Å². The summed E-state index contributed by atoms with van der Waals surface area (Å²) in [5.41, 5.74) is 1.07. The Balaban J connectivity index is 2.95. The van der Waals surface area contributed by atoms with E-state index in [0.717, 1.165) is 20.8 Å². The summed E-state index contributed by atoms with van der Waals surface area (Å²) in [6, 6.07) is 5.54. The molecule has 0 aliphatic rings. The average molecular weight is 266 g/mol. The molecule has 0 saturated heterocycles. The number of benzene rings is 1. The third kappa shape index (κ3) is 1.26. The Morgan fingerprint density at radius 2 is 2.36 bits per heavy atom. The normalized spacial score (nSPS) is 10.0. The van der Waals surface area contributed by atoms with Crippen LogP contribution in [0.2, 0.25) is 0 Å². The van der Waals surface area contributed by atoms with Gasteiger partial charge in [0.15, 0.2) is 6.29 Å². The third-order valence-electron chi connectivity index (χ3n) is 1.96. The molecule has 68 valence electrons. The van der Waals surface area contributed by atoms with Crippen LogP contribution in [0, 0.1) is 11.3 Å². The van der Waals surface area contributed by atoms with Crippen molar-refractivity contribution in [3.8, 4) is 6.07 Å². The summed E-state index contributed by atoms with van der Waals surface area (Å²) in [5.74, 6) is 0. The van der Waals surface area contributed by atoms with Gasteiger partial charge < -0.3 is 0 Å². The first kappa shape index (κ1) is 9.38. The number of nitriles is 1. The average Bonchev–Trinajstić information content (AvgIpc) is 2.68. The number of hydrogen-bond acceptors (Lipinski definition) is 3. The molecule has 0 atom stereocenters. The first-order chi connectivity index (χ1) is 6.77. The zero-order valence-electron chi connectivity index (χ0n) is 6.95. The Morgan fingerprint density at radius 1 is 1.57 bits per heavy atom. The second-order valence-electron chi connectivity index (χ2n) is 2.72. The Labute approximate surface area is 92.9 Å². The molecule has 0 aliphatic carbocycles. The van der Waals surface area contributed by atoms with Crippen molar-refractivity contribution >= 4 is 43.6 Å². The predicted octanol–water partition coefficient (Wildman–Crippen LogP) is 3.35. The fourth-order valence-electron chi connectivity index (χ4n) is 1.30. The molecule has 1 aromatic heterocycles. The highest BCUT2D eigenvalue weighted by Gasteiger charge is 2.10. The van der Waals surface area contributed by atoms with Crippen LogP contribution >= 0.6 is 27.3 Å². The molecule has 2 nitrogen and oxygen atoms in total. The molecule has 0 fully saturated rings. The fraction of sp³-hybridized carbons (Fsp3) is 0. The first-order valence-corrected chi connectivity index (χ1v) is 5.50. The molecular formula is C10H4BrNOS. The van der Waals surface area contributed by atoms with Crippen LogP contribution in [0.15, 0.2) is 22.0 Å². The van der Waals surface area contributed by atoms with Gasteiger partial charge in [0.2, 0.25) is 0 Å².